The zero-order valence-corrected chi connectivity index (χ0v) is 15.8. The van der Waals surface area contributed by atoms with Crippen molar-refractivity contribution < 1.29 is 9.53 Å². The van der Waals surface area contributed by atoms with Crippen molar-refractivity contribution in [2.24, 2.45) is 10.7 Å². The van der Waals surface area contributed by atoms with Gasteiger partial charge in [-0.2, -0.15) is 0 Å². The molecule has 1 amide bonds. The van der Waals surface area contributed by atoms with Crippen LogP contribution >= 0.6 is 0 Å². The molecule has 2 fully saturated rings. The first kappa shape index (κ1) is 18.5. The standard InChI is InChI=1S/C20H30N4O2/c1-3-26-19(25)24-12-8-16(9-13-24)23-18(21)22-14-20(10-11-20)17-7-5-4-6-15(17)2/h4-7,16H,3,8-14H2,1-2H3,(H3,21,22,23). The van der Waals surface area contributed by atoms with E-state index in [9.17, 15) is 4.79 Å². The van der Waals surface area contributed by atoms with Crippen LogP contribution in [0.1, 0.15) is 43.7 Å². The monoisotopic (exact) mass is 358 g/mol. The summed E-state index contributed by atoms with van der Waals surface area (Å²) in [5.41, 5.74) is 9.04. The molecule has 0 aromatic heterocycles. The summed E-state index contributed by atoms with van der Waals surface area (Å²) in [5.74, 6) is 0.513. The number of nitrogens with zero attached hydrogens (tertiary/aromatic N) is 2. The fourth-order valence-corrected chi connectivity index (χ4v) is 3.74. The number of nitrogens with one attached hydrogen (secondary N) is 1. The molecule has 1 aliphatic heterocycles. The highest BCUT2D eigenvalue weighted by molar-refractivity contribution is 5.78. The molecule has 0 radical (unpaired) electrons. The molecule has 0 atom stereocenters. The van der Waals surface area contributed by atoms with Crippen LogP contribution in [-0.2, 0) is 10.2 Å². The highest BCUT2D eigenvalue weighted by atomic mass is 16.6. The number of rotatable bonds is 5. The third-order valence-corrected chi connectivity index (χ3v) is 5.50. The summed E-state index contributed by atoms with van der Waals surface area (Å²) in [4.78, 5) is 18.1. The van der Waals surface area contributed by atoms with E-state index < -0.39 is 0 Å². The molecule has 3 rings (SSSR count). The number of aliphatic imine (C=N–C) groups is 1. The lowest BCUT2D eigenvalue weighted by atomic mass is 9.92. The molecule has 1 saturated heterocycles. The second-order valence-corrected chi connectivity index (χ2v) is 7.40. The van der Waals surface area contributed by atoms with Gasteiger partial charge in [-0.25, -0.2) is 4.79 Å². The van der Waals surface area contributed by atoms with E-state index in [0.29, 0.717) is 25.7 Å². The number of carbonyl (C=O) groups excluding carboxylic acids is 1. The van der Waals surface area contributed by atoms with Crippen LogP contribution in [0.3, 0.4) is 0 Å². The second kappa shape index (κ2) is 7.98. The largest absolute Gasteiger partial charge is 0.450 e. The predicted octanol–water partition coefficient (Wildman–Crippen LogP) is 2.55. The van der Waals surface area contributed by atoms with Crippen molar-refractivity contribution in [3.05, 3.63) is 35.4 Å². The Balaban J connectivity index is 1.49. The van der Waals surface area contributed by atoms with E-state index in [4.69, 9.17) is 10.5 Å². The van der Waals surface area contributed by atoms with E-state index in [1.807, 2.05) is 6.92 Å². The Morgan fingerprint density at radius 3 is 2.65 bits per heavy atom. The summed E-state index contributed by atoms with van der Waals surface area (Å²) < 4.78 is 5.05. The number of hydrogen-bond donors (Lipinski definition) is 2. The molecule has 1 aromatic rings. The first-order valence-electron chi connectivity index (χ1n) is 9.58. The molecular formula is C20H30N4O2. The number of ether oxygens (including phenoxy) is 1. The quantitative estimate of drug-likeness (QED) is 0.626. The van der Waals surface area contributed by atoms with Crippen LogP contribution in [0.2, 0.25) is 0 Å². The molecule has 3 N–H and O–H groups in total. The minimum absolute atomic E-state index is 0.172. The Bertz CT molecular complexity index is 662. The average Bonchev–Trinajstić information content (AvgIpc) is 3.42. The third kappa shape index (κ3) is 4.29. The Hall–Kier alpha value is -2.24. The van der Waals surface area contributed by atoms with Crippen LogP contribution in [0.4, 0.5) is 4.79 Å². The molecule has 1 aromatic carbocycles. The maximum Gasteiger partial charge on any atom is 0.409 e. The molecular weight excluding hydrogens is 328 g/mol. The van der Waals surface area contributed by atoms with Gasteiger partial charge < -0.3 is 20.7 Å². The summed E-state index contributed by atoms with van der Waals surface area (Å²) >= 11 is 0. The summed E-state index contributed by atoms with van der Waals surface area (Å²) in [6.45, 7) is 6.52. The van der Waals surface area contributed by atoms with Crippen LogP contribution in [0.25, 0.3) is 0 Å². The number of amides is 1. The van der Waals surface area contributed by atoms with Crippen LogP contribution in [0, 0.1) is 6.92 Å². The minimum Gasteiger partial charge on any atom is -0.450 e. The summed E-state index contributed by atoms with van der Waals surface area (Å²) in [6, 6.07) is 8.82. The first-order valence-corrected chi connectivity index (χ1v) is 9.58. The fraction of sp³-hybridized carbons (Fsp3) is 0.600. The summed E-state index contributed by atoms with van der Waals surface area (Å²) in [5, 5.41) is 3.33. The normalized spacial score (nSPS) is 19.9. The second-order valence-electron chi connectivity index (χ2n) is 7.40. The molecule has 142 valence electrons. The molecule has 6 nitrogen and oxygen atoms in total. The van der Waals surface area contributed by atoms with Crippen molar-refractivity contribution in [2.75, 3.05) is 26.2 Å². The van der Waals surface area contributed by atoms with Gasteiger partial charge in [-0.1, -0.05) is 24.3 Å². The summed E-state index contributed by atoms with van der Waals surface area (Å²) in [7, 11) is 0. The van der Waals surface area contributed by atoms with Gasteiger partial charge in [0.05, 0.1) is 13.2 Å². The highest BCUT2D eigenvalue weighted by Crippen LogP contribution is 2.49. The van der Waals surface area contributed by atoms with Crippen LogP contribution in [-0.4, -0.2) is 49.2 Å². The zero-order valence-electron chi connectivity index (χ0n) is 15.8. The summed E-state index contributed by atoms with van der Waals surface area (Å²) in [6.07, 6.45) is 3.84. The Kier molecular flexibility index (Phi) is 5.69. The van der Waals surface area contributed by atoms with Gasteiger partial charge in [-0.05, 0) is 50.7 Å². The molecule has 0 spiro atoms. The van der Waals surface area contributed by atoms with E-state index in [0.717, 1.165) is 19.4 Å². The lowest BCUT2D eigenvalue weighted by Crippen LogP contribution is -2.48. The number of piperidine rings is 1. The predicted molar refractivity (Wildman–Crippen MR) is 103 cm³/mol. The maximum absolute atomic E-state index is 11.7. The lowest BCUT2D eigenvalue weighted by molar-refractivity contribution is 0.0963. The number of likely N-dealkylation sites (tertiary alicyclic amines) is 1. The van der Waals surface area contributed by atoms with Crippen molar-refractivity contribution in [1.82, 2.24) is 10.2 Å². The van der Waals surface area contributed by atoms with Gasteiger partial charge in [0, 0.05) is 24.5 Å². The number of benzene rings is 1. The Morgan fingerprint density at radius 1 is 1.35 bits per heavy atom. The van der Waals surface area contributed by atoms with E-state index in [-0.39, 0.29) is 17.6 Å². The van der Waals surface area contributed by atoms with Crippen LogP contribution < -0.4 is 11.1 Å². The number of guanidine groups is 1. The topological polar surface area (TPSA) is 80.0 Å². The van der Waals surface area contributed by atoms with Gasteiger partial charge in [-0.15, -0.1) is 0 Å². The Morgan fingerprint density at radius 2 is 2.04 bits per heavy atom. The van der Waals surface area contributed by atoms with Crippen LogP contribution in [0.5, 0.6) is 0 Å². The number of carbonyl (C=O) groups is 1. The number of hydrogen-bond acceptors (Lipinski definition) is 3. The number of nitrogens with two attached hydrogens (primary N) is 1. The van der Waals surface area contributed by atoms with Gasteiger partial charge in [-0.3, -0.25) is 4.99 Å². The average molecular weight is 358 g/mol. The van der Waals surface area contributed by atoms with Gasteiger partial charge in [0.15, 0.2) is 5.96 Å². The van der Waals surface area contributed by atoms with Gasteiger partial charge >= 0.3 is 6.09 Å². The van der Waals surface area contributed by atoms with Crippen molar-refractivity contribution in [3.8, 4) is 0 Å². The van der Waals surface area contributed by atoms with Crippen molar-refractivity contribution in [2.45, 2.75) is 51.0 Å². The molecule has 1 heterocycles. The third-order valence-electron chi connectivity index (χ3n) is 5.50. The van der Waals surface area contributed by atoms with Gasteiger partial charge in [0.1, 0.15) is 0 Å². The fourth-order valence-electron chi connectivity index (χ4n) is 3.74. The van der Waals surface area contributed by atoms with Crippen molar-refractivity contribution in [1.29, 1.82) is 0 Å². The van der Waals surface area contributed by atoms with Gasteiger partial charge in [0.2, 0.25) is 0 Å². The minimum atomic E-state index is -0.221. The molecule has 0 unspecified atom stereocenters. The van der Waals surface area contributed by atoms with E-state index in [2.05, 4.69) is 41.5 Å². The highest BCUT2D eigenvalue weighted by Gasteiger charge is 2.44. The Labute approximate surface area is 155 Å². The molecule has 2 aliphatic rings. The van der Waals surface area contributed by atoms with Crippen molar-refractivity contribution in [3.63, 3.8) is 0 Å². The molecule has 0 bridgehead atoms. The molecule has 1 saturated carbocycles. The molecule has 6 heteroatoms. The van der Waals surface area contributed by atoms with Gasteiger partial charge in [0.25, 0.3) is 0 Å². The van der Waals surface area contributed by atoms with Crippen molar-refractivity contribution >= 4 is 12.1 Å². The van der Waals surface area contributed by atoms with E-state index >= 15 is 0 Å². The zero-order chi connectivity index (χ0) is 18.6. The number of aryl methyl sites for hydroxylation is 1. The lowest BCUT2D eigenvalue weighted by Gasteiger charge is -2.31. The first-order chi connectivity index (χ1) is 12.5. The smallest absolute Gasteiger partial charge is 0.409 e. The molecule has 1 aliphatic carbocycles. The van der Waals surface area contributed by atoms with Crippen LogP contribution in [0.15, 0.2) is 29.3 Å². The maximum atomic E-state index is 11.7. The van der Waals surface area contributed by atoms with E-state index in [1.54, 1.807) is 4.90 Å². The van der Waals surface area contributed by atoms with E-state index in [1.165, 1.54) is 24.0 Å². The SMILES string of the molecule is CCOC(=O)N1CCC(NC(N)=NCC2(c3ccccc3C)CC2)CC1. The molecule has 26 heavy (non-hydrogen) atoms.